The standard InChI is InChI=1S/C9H17NO5.Cs/c1-5(11)9(10,6(12)13)7(14)15-8(2,3)4;/h5,11H,10H2,1-4H3,(H,12,13);/q;+1/p-1. The molecule has 6 nitrogen and oxygen atoms in total. The Labute approximate surface area is 153 Å². The minimum absolute atomic E-state index is 0. The number of esters is 1. The molecule has 3 N–H and O–H groups in total. The van der Waals surface area contributed by atoms with E-state index in [1.165, 1.54) is 0 Å². The Morgan fingerprint density at radius 2 is 1.75 bits per heavy atom. The van der Waals surface area contributed by atoms with E-state index >= 15 is 0 Å². The van der Waals surface area contributed by atoms with Crippen LogP contribution in [-0.4, -0.2) is 34.3 Å². The van der Waals surface area contributed by atoms with E-state index in [1.807, 2.05) is 0 Å². The average molecular weight is 351 g/mol. The van der Waals surface area contributed by atoms with Gasteiger partial charge >= 0.3 is 74.9 Å². The van der Waals surface area contributed by atoms with Crippen molar-refractivity contribution in [1.82, 2.24) is 0 Å². The maximum absolute atomic E-state index is 11.4. The number of ether oxygens (including phenoxy) is 1. The van der Waals surface area contributed by atoms with E-state index in [0.717, 1.165) is 6.92 Å². The van der Waals surface area contributed by atoms with Gasteiger partial charge in [0.2, 0.25) is 0 Å². The topological polar surface area (TPSA) is 113 Å². The molecule has 88 valence electrons. The molecule has 0 aliphatic heterocycles. The zero-order valence-corrected chi connectivity index (χ0v) is 16.5. The van der Waals surface area contributed by atoms with Crippen molar-refractivity contribution in [2.45, 2.75) is 44.9 Å². The van der Waals surface area contributed by atoms with Crippen molar-refractivity contribution in [3.63, 3.8) is 0 Å². The van der Waals surface area contributed by atoms with Gasteiger partial charge in [-0.2, -0.15) is 0 Å². The summed E-state index contributed by atoms with van der Waals surface area (Å²) in [6, 6.07) is 0. The smallest absolute Gasteiger partial charge is 0.547 e. The summed E-state index contributed by atoms with van der Waals surface area (Å²) in [7, 11) is 0. The van der Waals surface area contributed by atoms with Gasteiger partial charge in [-0.1, -0.05) is 0 Å². The van der Waals surface area contributed by atoms with E-state index in [9.17, 15) is 14.7 Å². The summed E-state index contributed by atoms with van der Waals surface area (Å²) in [5, 5.41) is 19.9. The van der Waals surface area contributed by atoms with Gasteiger partial charge in [0, 0.05) is 0 Å². The first-order valence-corrected chi connectivity index (χ1v) is 4.43. The normalized spacial score (nSPS) is 16.6. The number of aliphatic carboxylic acids is 1. The summed E-state index contributed by atoms with van der Waals surface area (Å²) in [5.41, 5.74) is 1.83. The molecule has 0 aliphatic rings. The SMILES string of the molecule is CC(O)C(N)(C(=O)[O-])C(=O)OC(C)(C)C.[Cs+]. The largest absolute Gasteiger partial charge is 1.00 e. The van der Waals surface area contributed by atoms with Gasteiger partial charge in [-0.05, 0) is 27.7 Å². The molecule has 0 spiro atoms. The number of rotatable bonds is 3. The maximum atomic E-state index is 11.4. The molecule has 0 aromatic rings. The van der Waals surface area contributed by atoms with Crippen LogP contribution in [0.3, 0.4) is 0 Å². The van der Waals surface area contributed by atoms with Gasteiger partial charge < -0.3 is 25.5 Å². The number of hydrogen-bond acceptors (Lipinski definition) is 6. The second-order valence-electron chi connectivity index (χ2n) is 4.33. The number of aliphatic hydroxyl groups is 1. The van der Waals surface area contributed by atoms with Crippen LogP contribution in [0.15, 0.2) is 0 Å². The molecule has 0 heterocycles. The van der Waals surface area contributed by atoms with Crippen molar-refractivity contribution in [3.05, 3.63) is 0 Å². The summed E-state index contributed by atoms with van der Waals surface area (Å²) in [6.45, 7) is 5.76. The van der Waals surface area contributed by atoms with Crippen molar-refractivity contribution >= 4 is 11.9 Å². The predicted molar refractivity (Wildman–Crippen MR) is 49.5 cm³/mol. The Bertz CT molecular complexity index is 274. The molecule has 0 saturated heterocycles. The molecule has 2 unspecified atom stereocenters. The van der Waals surface area contributed by atoms with Crippen molar-refractivity contribution in [3.8, 4) is 0 Å². The van der Waals surface area contributed by atoms with E-state index in [2.05, 4.69) is 0 Å². The van der Waals surface area contributed by atoms with Gasteiger partial charge in [-0.3, -0.25) is 0 Å². The number of hydrogen-bond donors (Lipinski definition) is 2. The molecule has 0 rings (SSSR count). The number of aliphatic hydroxyl groups excluding tert-OH is 1. The van der Waals surface area contributed by atoms with Gasteiger partial charge in [0.15, 0.2) is 5.54 Å². The minimum Gasteiger partial charge on any atom is -0.547 e. The maximum Gasteiger partial charge on any atom is 1.00 e. The van der Waals surface area contributed by atoms with Crippen LogP contribution < -0.4 is 79.7 Å². The third-order valence-corrected chi connectivity index (χ3v) is 1.73. The van der Waals surface area contributed by atoms with Gasteiger partial charge in [-0.25, -0.2) is 4.79 Å². The summed E-state index contributed by atoms with van der Waals surface area (Å²) < 4.78 is 4.78. The molecule has 0 amide bonds. The van der Waals surface area contributed by atoms with Crippen LogP contribution in [0.4, 0.5) is 0 Å². The van der Waals surface area contributed by atoms with E-state index in [1.54, 1.807) is 20.8 Å². The number of carboxylic acid groups (broad SMARTS) is 1. The summed E-state index contributed by atoms with van der Waals surface area (Å²) >= 11 is 0. The molecular formula is C9H16CsNO5. The summed E-state index contributed by atoms with van der Waals surface area (Å²) in [6.07, 6.45) is -1.60. The van der Waals surface area contributed by atoms with E-state index in [-0.39, 0.29) is 68.9 Å². The van der Waals surface area contributed by atoms with Crippen molar-refractivity contribution in [2.75, 3.05) is 0 Å². The van der Waals surface area contributed by atoms with Crippen LogP contribution in [0.2, 0.25) is 0 Å². The van der Waals surface area contributed by atoms with E-state index in [4.69, 9.17) is 15.6 Å². The fourth-order valence-corrected chi connectivity index (χ4v) is 0.787. The first kappa shape index (κ1) is 19.3. The first-order chi connectivity index (χ1) is 6.51. The zero-order chi connectivity index (χ0) is 12.4. The van der Waals surface area contributed by atoms with Crippen LogP contribution in [0.25, 0.3) is 0 Å². The van der Waals surface area contributed by atoms with Crippen LogP contribution in [0, 0.1) is 0 Å². The Kier molecular flexibility index (Phi) is 8.11. The number of carbonyl (C=O) groups is 2. The van der Waals surface area contributed by atoms with Crippen molar-refractivity contribution < 1.29 is 93.4 Å². The Morgan fingerprint density at radius 3 is 1.94 bits per heavy atom. The van der Waals surface area contributed by atoms with Crippen molar-refractivity contribution in [2.24, 2.45) is 5.73 Å². The third-order valence-electron chi connectivity index (χ3n) is 1.73. The van der Waals surface area contributed by atoms with Gasteiger partial charge in [0.05, 0.1) is 12.1 Å². The first-order valence-electron chi connectivity index (χ1n) is 4.43. The van der Waals surface area contributed by atoms with E-state index < -0.39 is 29.2 Å². The van der Waals surface area contributed by atoms with Crippen LogP contribution in [0.1, 0.15) is 27.7 Å². The molecule has 0 bridgehead atoms. The number of carboxylic acids is 1. The minimum atomic E-state index is -2.53. The molecule has 0 saturated carbocycles. The molecule has 0 aromatic heterocycles. The van der Waals surface area contributed by atoms with Crippen LogP contribution in [-0.2, 0) is 14.3 Å². The molecular weight excluding hydrogens is 335 g/mol. The molecule has 0 fully saturated rings. The molecule has 7 heteroatoms. The van der Waals surface area contributed by atoms with Gasteiger partial charge in [0.25, 0.3) is 0 Å². The van der Waals surface area contributed by atoms with Crippen LogP contribution in [0.5, 0.6) is 0 Å². The van der Waals surface area contributed by atoms with Crippen LogP contribution >= 0.6 is 0 Å². The molecule has 16 heavy (non-hydrogen) atoms. The number of nitrogens with two attached hydrogens (primary N) is 1. The summed E-state index contributed by atoms with van der Waals surface area (Å²) in [5.74, 6) is -3.09. The fraction of sp³-hybridized carbons (Fsp3) is 0.778. The second kappa shape index (κ2) is 6.74. The quantitative estimate of drug-likeness (QED) is 0.390. The zero-order valence-electron chi connectivity index (χ0n) is 10.2. The average Bonchev–Trinajstić information content (AvgIpc) is 1.98. The van der Waals surface area contributed by atoms with Crippen molar-refractivity contribution in [1.29, 1.82) is 0 Å². The van der Waals surface area contributed by atoms with Gasteiger partial charge in [0.1, 0.15) is 5.60 Å². The summed E-state index contributed by atoms with van der Waals surface area (Å²) in [4.78, 5) is 22.1. The molecule has 2 atom stereocenters. The molecule has 0 aliphatic carbocycles. The third kappa shape index (κ3) is 5.05. The Balaban J connectivity index is 0. The van der Waals surface area contributed by atoms with Gasteiger partial charge in [-0.15, -0.1) is 0 Å². The monoisotopic (exact) mass is 351 g/mol. The Morgan fingerprint density at radius 1 is 1.38 bits per heavy atom. The predicted octanol–water partition coefficient (Wildman–Crippen LogP) is -4.84. The van der Waals surface area contributed by atoms with E-state index in [0.29, 0.717) is 0 Å². The molecule has 0 radical (unpaired) electrons. The number of carbonyl (C=O) groups excluding carboxylic acids is 2. The fourth-order valence-electron chi connectivity index (χ4n) is 0.787. The molecule has 0 aromatic carbocycles. The second-order valence-corrected chi connectivity index (χ2v) is 4.33. The Hall–Kier alpha value is 0.912.